The van der Waals surface area contributed by atoms with Crippen LogP contribution in [0.4, 0.5) is 10.5 Å². The smallest absolute Gasteiger partial charge is 0.319 e. The number of rotatable bonds is 7. The van der Waals surface area contributed by atoms with Crippen LogP contribution < -0.4 is 15.4 Å². The lowest BCUT2D eigenvalue weighted by molar-refractivity contribution is 0.252. The van der Waals surface area contributed by atoms with Gasteiger partial charge in [0.1, 0.15) is 17.4 Å². The van der Waals surface area contributed by atoms with Gasteiger partial charge in [0, 0.05) is 35.3 Å². The lowest BCUT2D eigenvalue weighted by atomic mass is 10.3. The van der Waals surface area contributed by atoms with Crippen molar-refractivity contribution in [3.8, 4) is 5.75 Å². The van der Waals surface area contributed by atoms with Crippen LogP contribution in [0.5, 0.6) is 5.75 Å². The highest BCUT2D eigenvalue weighted by molar-refractivity contribution is 7.09. The van der Waals surface area contributed by atoms with E-state index in [0.717, 1.165) is 10.7 Å². The number of carbonyl (C=O) groups is 1. The summed E-state index contributed by atoms with van der Waals surface area (Å²) in [6.07, 6.45) is 4.01. The molecule has 0 saturated heterocycles. The summed E-state index contributed by atoms with van der Waals surface area (Å²) in [5.74, 6) is 0.712. The molecule has 0 spiro atoms. The number of aromatic nitrogens is 2. The van der Waals surface area contributed by atoms with Gasteiger partial charge in [0.05, 0.1) is 11.9 Å². The van der Waals surface area contributed by atoms with E-state index in [9.17, 15) is 4.79 Å². The fraction of sp³-hybridized carbons (Fsp3) is 0.167. The van der Waals surface area contributed by atoms with Crippen molar-refractivity contribution in [2.75, 3.05) is 11.9 Å². The van der Waals surface area contributed by atoms with E-state index < -0.39 is 0 Å². The molecule has 26 heavy (non-hydrogen) atoms. The van der Waals surface area contributed by atoms with E-state index in [1.54, 1.807) is 36.7 Å². The molecule has 1 aromatic carbocycles. The quantitative estimate of drug-likeness (QED) is 0.638. The van der Waals surface area contributed by atoms with Gasteiger partial charge in [0.15, 0.2) is 0 Å². The second kappa shape index (κ2) is 9.17. The zero-order chi connectivity index (χ0) is 18.2. The summed E-state index contributed by atoms with van der Waals surface area (Å²) in [4.78, 5) is 20.4. The number of nitrogens with one attached hydrogen (secondary N) is 2. The molecule has 2 N–H and O–H groups in total. The first-order valence-electron chi connectivity index (χ1n) is 7.95. The summed E-state index contributed by atoms with van der Waals surface area (Å²) in [5, 5.41) is 8.96. The van der Waals surface area contributed by atoms with Gasteiger partial charge >= 0.3 is 6.03 Å². The van der Waals surface area contributed by atoms with Crippen molar-refractivity contribution in [3.63, 3.8) is 0 Å². The number of amides is 2. The van der Waals surface area contributed by atoms with E-state index in [0.29, 0.717) is 36.0 Å². The minimum absolute atomic E-state index is 0.275. The molecule has 0 saturated carbocycles. The van der Waals surface area contributed by atoms with Crippen LogP contribution in [-0.4, -0.2) is 22.5 Å². The second-order valence-electron chi connectivity index (χ2n) is 5.35. The molecule has 0 fully saturated rings. The van der Waals surface area contributed by atoms with Crippen LogP contribution in [0.1, 0.15) is 10.7 Å². The van der Waals surface area contributed by atoms with Crippen LogP contribution in [0.25, 0.3) is 0 Å². The number of hydrogen-bond acceptors (Lipinski definition) is 5. The van der Waals surface area contributed by atoms with E-state index in [4.69, 9.17) is 16.3 Å². The van der Waals surface area contributed by atoms with E-state index in [-0.39, 0.29) is 6.03 Å². The maximum absolute atomic E-state index is 11.9. The Morgan fingerprint density at radius 1 is 1.27 bits per heavy atom. The summed E-state index contributed by atoms with van der Waals surface area (Å²) in [7, 11) is 0. The van der Waals surface area contributed by atoms with Crippen LogP contribution in [-0.2, 0) is 13.0 Å². The van der Waals surface area contributed by atoms with E-state index in [1.165, 1.54) is 11.3 Å². The Morgan fingerprint density at radius 2 is 2.19 bits per heavy atom. The number of benzene rings is 1. The van der Waals surface area contributed by atoms with Crippen molar-refractivity contribution in [1.29, 1.82) is 0 Å². The minimum atomic E-state index is -0.275. The Labute approximate surface area is 160 Å². The molecule has 2 heterocycles. The molecule has 0 bridgehead atoms. The molecule has 0 unspecified atom stereocenters. The molecule has 8 heteroatoms. The van der Waals surface area contributed by atoms with E-state index in [1.807, 2.05) is 17.5 Å². The molecule has 2 amide bonds. The largest absolute Gasteiger partial charge is 0.485 e. The number of hydrogen-bond donors (Lipinski definition) is 2. The third kappa shape index (κ3) is 5.72. The minimum Gasteiger partial charge on any atom is -0.485 e. The third-order valence-electron chi connectivity index (χ3n) is 3.35. The van der Waals surface area contributed by atoms with Crippen LogP contribution in [0.15, 0.2) is 54.2 Å². The molecule has 0 aliphatic heterocycles. The highest BCUT2D eigenvalue weighted by atomic mass is 35.5. The lowest BCUT2D eigenvalue weighted by Crippen LogP contribution is -2.30. The zero-order valence-electron chi connectivity index (χ0n) is 13.8. The molecule has 3 aromatic rings. The van der Waals surface area contributed by atoms with Crippen molar-refractivity contribution in [2.45, 2.75) is 13.0 Å². The first kappa shape index (κ1) is 18.2. The SMILES string of the molecule is O=C(NCCc1csc(COc2cccnc2)n1)Nc1cccc(Cl)c1. The number of urea groups is 1. The van der Waals surface area contributed by atoms with Gasteiger partial charge in [0.2, 0.25) is 0 Å². The van der Waals surface area contributed by atoms with Crippen LogP contribution >= 0.6 is 22.9 Å². The summed E-state index contributed by atoms with van der Waals surface area (Å²) in [6.45, 7) is 0.887. The fourth-order valence-corrected chi connectivity index (χ4v) is 3.08. The molecular weight excluding hydrogens is 372 g/mol. The number of ether oxygens (including phenoxy) is 1. The van der Waals surface area contributed by atoms with Gasteiger partial charge in [-0.2, -0.15) is 0 Å². The monoisotopic (exact) mass is 388 g/mol. The Kier molecular flexibility index (Phi) is 6.40. The highest BCUT2D eigenvalue weighted by Crippen LogP contribution is 2.15. The predicted octanol–water partition coefficient (Wildman–Crippen LogP) is 4.13. The van der Waals surface area contributed by atoms with Crippen molar-refractivity contribution in [3.05, 3.63) is 69.9 Å². The predicted molar refractivity (Wildman–Crippen MR) is 103 cm³/mol. The van der Waals surface area contributed by atoms with Crippen LogP contribution in [0, 0.1) is 0 Å². The van der Waals surface area contributed by atoms with Crippen molar-refractivity contribution < 1.29 is 9.53 Å². The van der Waals surface area contributed by atoms with Gasteiger partial charge in [0.25, 0.3) is 0 Å². The zero-order valence-corrected chi connectivity index (χ0v) is 15.4. The van der Waals surface area contributed by atoms with Crippen molar-refractivity contribution >= 4 is 34.7 Å². The van der Waals surface area contributed by atoms with Crippen LogP contribution in [0.3, 0.4) is 0 Å². The van der Waals surface area contributed by atoms with Gasteiger partial charge < -0.3 is 15.4 Å². The molecule has 6 nitrogen and oxygen atoms in total. The van der Waals surface area contributed by atoms with Crippen molar-refractivity contribution in [2.24, 2.45) is 0 Å². The molecule has 0 radical (unpaired) electrons. The Morgan fingerprint density at radius 3 is 3.00 bits per heavy atom. The van der Waals surface area contributed by atoms with Gasteiger partial charge in [-0.1, -0.05) is 17.7 Å². The molecular formula is C18H17ClN4O2S. The number of thiazole rings is 1. The van der Waals surface area contributed by atoms with Crippen LogP contribution in [0.2, 0.25) is 5.02 Å². The maximum Gasteiger partial charge on any atom is 0.319 e. The summed E-state index contributed by atoms with van der Waals surface area (Å²) in [5.41, 5.74) is 1.57. The number of carbonyl (C=O) groups excluding carboxylic acids is 1. The Balaban J connectivity index is 1.40. The average molecular weight is 389 g/mol. The van der Waals surface area contributed by atoms with E-state index >= 15 is 0 Å². The van der Waals surface area contributed by atoms with Gasteiger partial charge in [-0.25, -0.2) is 9.78 Å². The number of halogens is 1. The number of anilines is 1. The van der Waals surface area contributed by atoms with E-state index in [2.05, 4.69) is 20.6 Å². The molecule has 2 aromatic heterocycles. The van der Waals surface area contributed by atoms with Gasteiger partial charge in [-0.3, -0.25) is 4.98 Å². The standard InChI is InChI=1S/C18H17ClN4O2S/c19-13-3-1-4-14(9-13)23-18(24)21-8-6-15-12-26-17(22-15)11-25-16-5-2-7-20-10-16/h1-5,7,9-10,12H,6,8,11H2,(H2,21,23,24). The highest BCUT2D eigenvalue weighted by Gasteiger charge is 2.05. The lowest BCUT2D eigenvalue weighted by Gasteiger charge is -2.07. The summed E-state index contributed by atoms with van der Waals surface area (Å²) in [6, 6.07) is 10.4. The molecule has 134 valence electrons. The number of nitrogens with zero attached hydrogens (tertiary/aromatic N) is 2. The number of pyridine rings is 1. The molecule has 0 atom stereocenters. The first-order chi connectivity index (χ1) is 12.7. The topological polar surface area (TPSA) is 76.1 Å². The van der Waals surface area contributed by atoms with Gasteiger partial charge in [-0.05, 0) is 30.3 Å². The molecule has 0 aliphatic rings. The van der Waals surface area contributed by atoms with Gasteiger partial charge in [-0.15, -0.1) is 11.3 Å². The Hall–Kier alpha value is -2.64. The normalized spacial score (nSPS) is 10.3. The van der Waals surface area contributed by atoms with Crippen molar-refractivity contribution in [1.82, 2.24) is 15.3 Å². The second-order valence-corrected chi connectivity index (χ2v) is 6.73. The Bertz CT molecular complexity index is 857. The molecule has 3 rings (SSSR count). The summed E-state index contributed by atoms with van der Waals surface area (Å²) < 4.78 is 5.62. The maximum atomic E-state index is 11.9. The molecule has 0 aliphatic carbocycles. The summed E-state index contributed by atoms with van der Waals surface area (Å²) >= 11 is 7.42. The third-order valence-corrected chi connectivity index (χ3v) is 4.45. The fourth-order valence-electron chi connectivity index (χ4n) is 2.15. The first-order valence-corrected chi connectivity index (χ1v) is 9.21. The average Bonchev–Trinajstić information content (AvgIpc) is 3.09.